The second-order valence-corrected chi connectivity index (χ2v) is 8.27. The number of thiazole rings is 1. The van der Waals surface area contributed by atoms with E-state index in [0.29, 0.717) is 22.0 Å². The standard InChI is InChI=1S/C18H13FN4O3S2/c1-26-17-15(9-12(19)10-22-17)16-14-3-2-13(8-11(14)4-5-20-16)28(24,25)23-18-21-6-7-27-18/h2-10H,1H3,(H,21,23). The van der Waals surface area contributed by atoms with Gasteiger partial charge in [0.1, 0.15) is 5.82 Å². The van der Waals surface area contributed by atoms with E-state index in [-0.39, 0.29) is 15.9 Å². The van der Waals surface area contributed by atoms with E-state index in [2.05, 4.69) is 19.7 Å². The summed E-state index contributed by atoms with van der Waals surface area (Å²) >= 11 is 1.19. The Morgan fingerprint density at radius 1 is 1.11 bits per heavy atom. The number of anilines is 1. The molecule has 7 nitrogen and oxygen atoms in total. The largest absolute Gasteiger partial charge is 0.481 e. The van der Waals surface area contributed by atoms with Crippen molar-refractivity contribution in [3.8, 4) is 17.1 Å². The molecular formula is C18H13FN4O3S2. The Hall–Kier alpha value is -3.11. The van der Waals surface area contributed by atoms with Gasteiger partial charge in [-0.3, -0.25) is 9.71 Å². The first-order valence-electron chi connectivity index (χ1n) is 7.99. The van der Waals surface area contributed by atoms with Crippen molar-refractivity contribution in [3.63, 3.8) is 0 Å². The second kappa shape index (κ2) is 7.13. The fourth-order valence-corrected chi connectivity index (χ4v) is 4.57. The van der Waals surface area contributed by atoms with Gasteiger partial charge in [0.05, 0.1) is 29.5 Å². The topological polar surface area (TPSA) is 94.1 Å². The highest BCUT2D eigenvalue weighted by atomic mass is 32.2. The maximum absolute atomic E-state index is 13.7. The van der Waals surface area contributed by atoms with Crippen LogP contribution in [0.1, 0.15) is 0 Å². The van der Waals surface area contributed by atoms with E-state index in [0.717, 1.165) is 6.20 Å². The summed E-state index contributed by atoms with van der Waals surface area (Å²) in [5, 5.41) is 3.22. The molecule has 28 heavy (non-hydrogen) atoms. The SMILES string of the molecule is COc1ncc(F)cc1-c1nccc2cc(S(=O)(=O)Nc3nccs3)ccc12. The minimum atomic E-state index is -3.79. The van der Waals surface area contributed by atoms with Crippen LogP contribution in [0.15, 0.2) is 59.2 Å². The van der Waals surface area contributed by atoms with Gasteiger partial charge in [-0.1, -0.05) is 6.07 Å². The lowest BCUT2D eigenvalue weighted by atomic mass is 10.0. The number of fused-ring (bicyclic) bond motifs is 1. The number of halogens is 1. The molecule has 0 radical (unpaired) electrons. The van der Waals surface area contributed by atoms with Gasteiger partial charge in [0, 0.05) is 23.2 Å². The van der Waals surface area contributed by atoms with Gasteiger partial charge in [0.15, 0.2) is 5.13 Å². The van der Waals surface area contributed by atoms with E-state index in [1.54, 1.807) is 17.5 Å². The molecule has 4 rings (SSSR count). The third-order valence-electron chi connectivity index (χ3n) is 3.97. The van der Waals surface area contributed by atoms with Crippen molar-refractivity contribution in [2.45, 2.75) is 4.90 Å². The van der Waals surface area contributed by atoms with Crippen LogP contribution in [0.4, 0.5) is 9.52 Å². The van der Waals surface area contributed by atoms with Gasteiger partial charge in [0.25, 0.3) is 10.0 Å². The normalized spacial score (nSPS) is 11.5. The average Bonchev–Trinajstić information content (AvgIpc) is 3.19. The second-order valence-electron chi connectivity index (χ2n) is 5.70. The van der Waals surface area contributed by atoms with E-state index in [1.165, 1.54) is 49.0 Å². The van der Waals surface area contributed by atoms with Crippen molar-refractivity contribution in [1.29, 1.82) is 0 Å². The van der Waals surface area contributed by atoms with Crippen LogP contribution in [-0.4, -0.2) is 30.5 Å². The minimum absolute atomic E-state index is 0.0803. The van der Waals surface area contributed by atoms with Crippen LogP contribution in [0.3, 0.4) is 0 Å². The van der Waals surface area contributed by atoms with Crippen molar-refractivity contribution in [3.05, 3.63) is 60.1 Å². The van der Waals surface area contributed by atoms with Crippen LogP contribution in [0, 0.1) is 5.82 Å². The highest BCUT2D eigenvalue weighted by Gasteiger charge is 2.18. The molecule has 0 atom stereocenters. The fourth-order valence-electron chi connectivity index (χ4n) is 2.74. The molecule has 0 bridgehead atoms. The zero-order valence-electron chi connectivity index (χ0n) is 14.5. The Kier molecular flexibility index (Phi) is 4.65. The number of methoxy groups -OCH3 is 1. The lowest BCUT2D eigenvalue weighted by molar-refractivity contribution is 0.397. The number of pyridine rings is 2. The Morgan fingerprint density at radius 3 is 2.71 bits per heavy atom. The van der Waals surface area contributed by atoms with Crippen LogP contribution in [0.2, 0.25) is 0 Å². The molecule has 0 aliphatic rings. The molecule has 0 amide bonds. The Morgan fingerprint density at radius 2 is 1.96 bits per heavy atom. The molecule has 10 heteroatoms. The molecule has 0 spiro atoms. The molecule has 0 saturated carbocycles. The lowest BCUT2D eigenvalue weighted by Crippen LogP contribution is -2.12. The first kappa shape index (κ1) is 18.3. The Bertz CT molecular complexity index is 1260. The maximum atomic E-state index is 13.7. The van der Waals surface area contributed by atoms with Crippen molar-refractivity contribution in [1.82, 2.24) is 15.0 Å². The summed E-state index contributed by atoms with van der Waals surface area (Å²) in [6, 6.07) is 7.57. The van der Waals surface area contributed by atoms with Gasteiger partial charge in [-0.25, -0.2) is 22.8 Å². The van der Waals surface area contributed by atoms with Crippen LogP contribution in [-0.2, 0) is 10.0 Å². The molecule has 1 aromatic carbocycles. The molecule has 0 aliphatic heterocycles. The van der Waals surface area contributed by atoms with Crippen molar-refractivity contribution in [2.24, 2.45) is 0 Å². The van der Waals surface area contributed by atoms with Crippen LogP contribution >= 0.6 is 11.3 Å². The molecule has 0 unspecified atom stereocenters. The number of nitrogens with zero attached hydrogens (tertiary/aromatic N) is 3. The van der Waals surface area contributed by atoms with Crippen molar-refractivity contribution in [2.75, 3.05) is 11.8 Å². The van der Waals surface area contributed by atoms with Gasteiger partial charge >= 0.3 is 0 Å². The van der Waals surface area contributed by atoms with Crippen molar-refractivity contribution >= 4 is 37.3 Å². The predicted molar refractivity (Wildman–Crippen MR) is 104 cm³/mol. The molecule has 4 aromatic rings. The first-order chi connectivity index (χ1) is 13.5. The van der Waals surface area contributed by atoms with E-state index >= 15 is 0 Å². The Labute approximate surface area is 163 Å². The molecule has 3 heterocycles. The molecule has 0 fully saturated rings. The third-order valence-corrected chi connectivity index (χ3v) is 6.12. The summed E-state index contributed by atoms with van der Waals surface area (Å²) in [5.74, 6) is -0.301. The summed E-state index contributed by atoms with van der Waals surface area (Å²) in [5.41, 5.74) is 0.822. The van der Waals surface area contributed by atoms with Gasteiger partial charge in [-0.05, 0) is 29.7 Å². The summed E-state index contributed by atoms with van der Waals surface area (Å²) in [7, 11) is -2.36. The van der Waals surface area contributed by atoms with Gasteiger partial charge in [0.2, 0.25) is 5.88 Å². The third kappa shape index (κ3) is 3.39. The summed E-state index contributed by atoms with van der Waals surface area (Å²) in [4.78, 5) is 12.3. The van der Waals surface area contributed by atoms with Crippen molar-refractivity contribution < 1.29 is 17.5 Å². The van der Waals surface area contributed by atoms with Gasteiger partial charge in [-0.15, -0.1) is 11.3 Å². The number of nitrogens with one attached hydrogen (secondary N) is 1. The van der Waals surface area contributed by atoms with Gasteiger partial charge in [-0.2, -0.15) is 0 Å². The highest BCUT2D eigenvalue weighted by molar-refractivity contribution is 7.93. The number of aromatic nitrogens is 3. The number of ether oxygens (including phenoxy) is 1. The van der Waals surface area contributed by atoms with E-state index < -0.39 is 15.8 Å². The molecule has 3 aromatic heterocycles. The number of rotatable bonds is 5. The summed E-state index contributed by atoms with van der Waals surface area (Å²) < 4.78 is 46.6. The zero-order chi connectivity index (χ0) is 19.7. The Balaban J connectivity index is 1.82. The monoisotopic (exact) mass is 416 g/mol. The van der Waals surface area contributed by atoms with Crippen LogP contribution < -0.4 is 9.46 Å². The highest BCUT2D eigenvalue weighted by Crippen LogP contribution is 2.33. The van der Waals surface area contributed by atoms with E-state index in [1.807, 2.05) is 0 Å². The number of hydrogen-bond donors (Lipinski definition) is 1. The maximum Gasteiger partial charge on any atom is 0.263 e. The number of hydrogen-bond acceptors (Lipinski definition) is 7. The van der Waals surface area contributed by atoms with Crippen LogP contribution in [0.5, 0.6) is 5.88 Å². The molecule has 0 saturated heterocycles. The fraction of sp³-hybridized carbons (Fsp3) is 0.0556. The first-order valence-corrected chi connectivity index (χ1v) is 10.4. The minimum Gasteiger partial charge on any atom is -0.481 e. The van der Waals surface area contributed by atoms with Gasteiger partial charge < -0.3 is 4.74 Å². The van der Waals surface area contributed by atoms with Crippen LogP contribution in [0.25, 0.3) is 22.0 Å². The van der Waals surface area contributed by atoms with E-state index in [4.69, 9.17) is 4.74 Å². The summed E-state index contributed by atoms with van der Waals surface area (Å²) in [6.07, 6.45) is 4.09. The molecular weight excluding hydrogens is 403 g/mol. The lowest BCUT2D eigenvalue weighted by Gasteiger charge is -2.11. The molecule has 0 aliphatic carbocycles. The zero-order valence-corrected chi connectivity index (χ0v) is 16.1. The predicted octanol–water partition coefficient (Wildman–Crippen LogP) is 3.70. The number of sulfonamides is 1. The number of benzene rings is 1. The summed E-state index contributed by atoms with van der Waals surface area (Å²) in [6.45, 7) is 0. The van der Waals surface area contributed by atoms with E-state index in [9.17, 15) is 12.8 Å². The molecule has 1 N–H and O–H groups in total. The smallest absolute Gasteiger partial charge is 0.263 e. The molecule has 142 valence electrons. The average molecular weight is 416 g/mol. The quantitative estimate of drug-likeness (QED) is 0.533.